The van der Waals surface area contributed by atoms with Gasteiger partial charge in [-0.05, 0) is 50.2 Å². The Kier molecular flexibility index (Phi) is 8.39. The fraction of sp³-hybridized carbons (Fsp3) is 0.250. The largest absolute Gasteiger partial charge is 0.388 e. The minimum Gasteiger partial charge on any atom is -0.388 e. The topological polar surface area (TPSA) is 18.5 Å². The lowest BCUT2D eigenvalue weighted by Crippen LogP contribution is -2.42. The fourth-order valence-electron chi connectivity index (χ4n) is 5.45. The number of benzene rings is 4. The molecule has 37 heavy (non-hydrogen) atoms. The van der Waals surface area contributed by atoms with Crippen LogP contribution in [0.1, 0.15) is 13.8 Å². The average molecular weight is 543 g/mol. The molecule has 5 heteroatoms. The molecule has 190 valence electrons. The van der Waals surface area contributed by atoms with Gasteiger partial charge in [-0.1, -0.05) is 135 Å². The summed E-state index contributed by atoms with van der Waals surface area (Å²) in [4.78, 5) is 0. The maximum Gasteiger partial charge on any atom is 0.332 e. The lowest BCUT2D eigenvalue weighted by atomic mass is 10.1. The maximum absolute atomic E-state index is 6.93. The van der Waals surface area contributed by atoms with Crippen LogP contribution in [0.5, 0.6) is 0 Å². The van der Waals surface area contributed by atoms with Gasteiger partial charge in [-0.15, -0.1) is 0 Å². The molecule has 0 saturated carbocycles. The first-order chi connectivity index (χ1) is 17.9. The zero-order valence-corrected chi connectivity index (χ0v) is 24.9. The molecule has 0 aliphatic carbocycles. The lowest BCUT2D eigenvalue weighted by Gasteiger charge is -2.37. The van der Waals surface area contributed by atoms with Gasteiger partial charge in [-0.3, -0.25) is 0 Å². The van der Waals surface area contributed by atoms with E-state index in [1.54, 1.807) is 0 Å². The van der Waals surface area contributed by atoms with Crippen LogP contribution in [0.4, 0.5) is 0 Å². The van der Waals surface area contributed by atoms with Crippen LogP contribution in [0.25, 0.3) is 0 Å². The van der Waals surface area contributed by atoms with Crippen molar-refractivity contribution < 1.29 is 8.85 Å². The van der Waals surface area contributed by atoms with E-state index in [9.17, 15) is 0 Å². The van der Waals surface area contributed by atoms with Gasteiger partial charge in [-0.25, -0.2) is 0 Å². The van der Waals surface area contributed by atoms with Crippen LogP contribution in [0.15, 0.2) is 121 Å². The Morgan fingerprint density at radius 1 is 0.486 bits per heavy atom. The second-order valence-electron chi connectivity index (χ2n) is 10.1. The first-order valence-corrected chi connectivity index (χ1v) is 18.7. The van der Waals surface area contributed by atoms with Gasteiger partial charge in [0.1, 0.15) is 0 Å². The highest BCUT2D eigenvalue weighted by atomic mass is 31.1. The summed E-state index contributed by atoms with van der Waals surface area (Å²) in [6.07, 6.45) is 0.0845. The summed E-state index contributed by atoms with van der Waals surface area (Å²) in [5.74, 6) is 0. The second-order valence-corrected chi connectivity index (χ2v) is 18.6. The van der Waals surface area contributed by atoms with Crippen molar-refractivity contribution in [1.29, 1.82) is 0 Å². The summed E-state index contributed by atoms with van der Waals surface area (Å²) >= 11 is 0. The Hall–Kier alpha value is -2.12. The zero-order valence-electron chi connectivity index (χ0n) is 22.1. The first-order valence-electron chi connectivity index (χ1n) is 13.1. The van der Waals surface area contributed by atoms with Crippen LogP contribution in [0, 0.1) is 0 Å². The Morgan fingerprint density at radius 2 is 0.730 bits per heavy atom. The Balaban J connectivity index is 1.55. The minimum atomic E-state index is -2.27. The van der Waals surface area contributed by atoms with E-state index >= 15 is 0 Å². The fourth-order valence-corrected chi connectivity index (χ4v) is 13.2. The summed E-state index contributed by atoms with van der Waals surface area (Å²) in [5.41, 5.74) is 0.620. The number of hydrogen-bond donors (Lipinski definition) is 0. The van der Waals surface area contributed by atoms with Gasteiger partial charge >= 0.3 is 8.56 Å². The van der Waals surface area contributed by atoms with Crippen LogP contribution in [-0.2, 0) is 8.85 Å². The van der Waals surface area contributed by atoms with E-state index < -0.39 is 24.4 Å². The molecule has 0 spiro atoms. The van der Waals surface area contributed by atoms with Gasteiger partial charge in [0, 0.05) is 11.3 Å². The van der Waals surface area contributed by atoms with Crippen LogP contribution in [0.3, 0.4) is 0 Å². The number of hydrogen-bond acceptors (Lipinski definition) is 2. The Morgan fingerprint density at radius 3 is 0.973 bits per heavy atom. The van der Waals surface area contributed by atoms with Crippen molar-refractivity contribution in [1.82, 2.24) is 0 Å². The molecular weight excluding hydrogens is 506 g/mol. The van der Waals surface area contributed by atoms with Crippen molar-refractivity contribution in [3.8, 4) is 0 Å². The van der Waals surface area contributed by atoms with Crippen molar-refractivity contribution >= 4 is 45.6 Å². The summed E-state index contributed by atoms with van der Waals surface area (Å²) in [7, 11) is -3.51. The third kappa shape index (κ3) is 5.98. The Bertz CT molecular complexity index is 1080. The van der Waals surface area contributed by atoms with E-state index in [0.29, 0.717) is 11.3 Å². The molecule has 1 saturated heterocycles. The van der Waals surface area contributed by atoms with Crippen molar-refractivity contribution in [2.24, 2.45) is 0 Å². The van der Waals surface area contributed by atoms with E-state index in [1.165, 1.54) is 21.2 Å². The molecule has 0 aromatic heterocycles. The van der Waals surface area contributed by atoms with Gasteiger partial charge in [0.15, 0.2) is 0 Å². The standard InChI is InChI=1S/C32H36O2P2Si/c1-25(35(27-17-9-5-10-18-27)28-19-11-6-12-20-28)31-32(34-37(3,4)33-31)26(2)36(29-21-13-7-14-22-29)30-23-15-8-16-24-30/h5-26,31-32H,1-4H3. The molecule has 0 N–H and O–H groups in total. The van der Waals surface area contributed by atoms with Crippen molar-refractivity contribution in [2.45, 2.75) is 50.5 Å². The molecular formula is C32H36O2P2Si. The highest BCUT2D eigenvalue weighted by Gasteiger charge is 2.51. The molecule has 0 amide bonds. The summed E-state index contributed by atoms with van der Waals surface area (Å²) in [6.45, 7) is 9.20. The Labute approximate surface area is 225 Å². The molecule has 4 aromatic rings. The van der Waals surface area contributed by atoms with Crippen molar-refractivity contribution in [3.05, 3.63) is 121 Å². The smallest absolute Gasteiger partial charge is 0.332 e. The van der Waals surface area contributed by atoms with Gasteiger partial charge in [0.25, 0.3) is 0 Å². The lowest BCUT2D eigenvalue weighted by molar-refractivity contribution is 0.155. The van der Waals surface area contributed by atoms with E-state index in [4.69, 9.17) is 8.85 Å². The van der Waals surface area contributed by atoms with Crippen LogP contribution < -0.4 is 21.2 Å². The maximum atomic E-state index is 6.93. The SMILES string of the molecule is CC(C1O[Si](C)(C)OC1C(C)P(c1ccccc1)c1ccccc1)P(c1ccccc1)c1ccccc1. The van der Waals surface area contributed by atoms with Crippen LogP contribution >= 0.6 is 15.8 Å². The van der Waals surface area contributed by atoms with Gasteiger partial charge in [0.2, 0.25) is 0 Å². The number of rotatable bonds is 8. The van der Waals surface area contributed by atoms with Crippen molar-refractivity contribution in [2.75, 3.05) is 0 Å². The molecule has 5 rings (SSSR count). The monoisotopic (exact) mass is 542 g/mol. The summed E-state index contributed by atoms with van der Waals surface area (Å²) in [5, 5.41) is 5.58. The molecule has 0 radical (unpaired) electrons. The van der Waals surface area contributed by atoms with Crippen LogP contribution in [0.2, 0.25) is 13.1 Å². The van der Waals surface area contributed by atoms with E-state index in [2.05, 4.69) is 148 Å². The average Bonchev–Trinajstić information content (AvgIpc) is 3.27. The molecule has 4 unspecified atom stereocenters. The molecule has 1 aliphatic heterocycles. The van der Waals surface area contributed by atoms with Crippen LogP contribution in [-0.4, -0.2) is 32.1 Å². The highest BCUT2D eigenvalue weighted by molar-refractivity contribution is 7.74. The van der Waals surface area contributed by atoms with Gasteiger partial charge < -0.3 is 8.85 Å². The van der Waals surface area contributed by atoms with E-state index in [1.807, 2.05) is 0 Å². The molecule has 1 fully saturated rings. The molecule has 1 aliphatic rings. The van der Waals surface area contributed by atoms with E-state index in [-0.39, 0.29) is 12.2 Å². The zero-order chi connectivity index (χ0) is 25.8. The first kappa shape index (κ1) is 26.5. The summed E-state index contributed by atoms with van der Waals surface area (Å²) in [6, 6.07) is 44.0. The molecule has 0 bridgehead atoms. The van der Waals surface area contributed by atoms with Gasteiger partial charge in [-0.2, -0.15) is 0 Å². The normalized spacial score (nSPS) is 20.7. The molecule has 1 heterocycles. The summed E-state index contributed by atoms with van der Waals surface area (Å²) < 4.78 is 13.9. The predicted molar refractivity (Wildman–Crippen MR) is 164 cm³/mol. The molecule has 2 nitrogen and oxygen atoms in total. The molecule has 4 atom stereocenters. The second kappa shape index (κ2) is 11.7. The van der Waals surface area contributed by atoms with E-state index in [0.717, 1.165) is 0 Å². The molecule has 4 aromatic carbocycles. The highest BCUT2D eigenvalue weighted by Crippen LogP contribution is 2.50. The van der Waals surface area contributed by atoms with Crippen molar-refractivity contribution in [3.63, 3.8) is 0 Å². The third-order valence-electron chi connectivity index (χ3n) is 7.07. The predicted octanol–water partition coefficient (Wildman–Crippen LogP) is 6.52. The third-order valence-corrected chi connectivity index (χ3v) is 14.4. The quantitative estimate of drug-likeness (QED) is 0.187. The van der Waals surface area contributed by atoms with Gasteiger partial charge in [0.05, 0.1) is 12.2 Å². The minimum absolute atomic E-state index is 0.0422.